The van der Waals surface area contributed by atoms with Crippen molar-refractivity contribution in [1.82, 2.24) is 34.1 Å². The van der Waals surface area contributed by atoms with Crippen molar-refractivity contribution < 1.29 is 22.8 Å². The molecule has 54 heavy (non-hydrogen) atoms. The third kappa shape index (κ3) is 6.96. The van der Waals surface area contributed by atoms with E-state index in [9.17, 15) is 27.6 Å². The molecule has 2 aromatic heterocycles. The summed E-state index contributed by atoms with van der Waals surface area (Å²) in [6.45, 7) is 3.17. The summed E-state index contributed by atoms with van der Waals surface area (Å²) in [6.07, 6.45) is 2.46. The number of benzene rings is 2. The number of anilines is 1. The molecule has 4 fully saturated rings. The fourth-order valence-electron chi connectivity index (χ4n) is 9.60. The molecule has 2 aromatic carbocycles. The summed E-state index contributed by atoms with van der Waals surface area (Å²) in [6, 6.07) is 11.4. The number of nitrogens with zero attached hydrogens (tertiary/aromatic N) is 6. The maximum Gasteiger partial charge on any atom is 0.418 e. The minimum atomic E-state index is -4.73. The van der Waals surface area contributed by atoms with E-state index in [2.05, 4.69) is 26.8 Å². The lowest BCUT2D eigenvalue weighted by Crippen LogP contribution is -2.56. The third-order valence-corrected chi connectivity index (χ3v) is 12.9. The van der Waals surface area contributed by atoms with Crippen molar-refractivity contribution in [2.24, 2.45) is 5.92 Å². The fraction of sp³-hybridized carbons (Fsp3) is 0.538. The highest BCUT2D eigenvalue weighted by Crippen LogP contribution is 2.39. The van der Waals surface area contributed by atoms with Crippen LogP contribution in [0.4, 0.5) is 18.9 Å². The van der Waals surface area contributed by atoms with Crippen molar-refractivity contribution >= 4 is 51.0 Å². The average Bonchev–Trinajstić information content (AvgIpc) is 3.58. The number of carbonyl (C=O) groups excluding carboxylic acids is 2. The molecule has 8 rings (SSSR count). The van der Waals surface area contributed by atoms with Gasteiger partial charge in [-0.1, -0.05) is 29.8 Å². The van der Waals surface area contributed by atoms with Crippen LogP contribution in [0.1, 0.15) is 62.1 Å². The molecule has 4 saturated heterocycles. The largest absolute Gasteiger partial charge is 0.418 e. The number of piperidine rings is 2. The van der Waals surface area contributed by atoms with Crippen LogP contribution in [0.3, 0.4) is 0 Å². The lowest BCUT2D eigenvalue weighted by atomic mass is 9.91. The van der Waals surface area contributed by atoms with Crippen LogP contribution >= 0.6 is 11.6 Å². The fourth-order valence-corrected chi connectivity index (χ4v) is 9.84. The molecule has 4 aromatic rings. The quantitative estimate of drug-likeness (QED) is 0.245. The van der Waals surface area contributed by atoms with Crippen molar-refractivity contribution in [3.8, 4) is 0 Å². The summed E-state index contributed by atoms with van der Waals surface area (Å²) in [4.78, 5) is 57.4. The van der Waals surface area contributed by atoms with Gasteiger partial charge in [-0.3, -0.25) is 24.0 Å². The number of aromatic amines is 1. The predicted octanol–water partition coefficient (Wildman–Crippen LogP) is 5.31. The number of pyridine rings is 1. The number of nitrogen functional groups attached to an aromatic ring is 1. The van der Waals surface area contributed by atoms with Crippen molar-refractivity contribution in [2.75, 3.05) is 52.0 Å². The van der Waals surface area contributed by atoms with E-state index < -0.39 is 23.3 Å². The van der Waals surface area contributed by atoms with Crippen LogP contribution in [0.5, 0.6) is 0 Å². The number of carbonyl (C=O) groups is 2. The summed E-state index contributed by atoms with van der Waals surface area (Å²) < 4.78 is 43.5. The summed E-state index contributed by atoms with van der Waals surface area (Å²) in [5, 5.41) is 0.616. The van der Waals surface area contributed by atoms with Gasteiger partial charge in [0.05, 0.1) is 44.9 Å². The topological polar surface area (TPSA) is 124 Å². The molecule has 15 heteroatoms. The maximum atomic E-state index is 14.3. The molecule has 0 aliphatic carbocycles. The van der Waals surface area contributed by atoms with Crippen LogP contribution in [-0.2, 0) is 22.2 Å². The highest BCUT2D eigenvalue weighted by atomic mass is 35.5. The molecule has 2 amide bonds. The number of H-pyrrole nitrogens is 1. The van der Waals surface area contributed by atoms with Crippen molar-refractivity contribution in [3.05, 3.63) is 69.2 Å². The molecule has 4 aliphatic rings. The van der Waals surface area contributed by atoms with E-state index >= 15 is 0 Å². The number of amides is 2. The highest BCUT2D eigenvalue weighted by Gasteiger charge is 2.42. The van der Waals surface area contributed by atoms with E-state index in [1.54, 1.807) is 20.6 Å². The Morgan fingerprint density at radius 2 is 1.63 bits per heavy atom. The van der Waals surface area contributed by atoms with Gasteiger partial charge in [-0.2, -0.15) is 13.2 Å². The van der Waals surface area contributed by atoms with Gasteiger partial charge in [-0.05, 0) is 75.8 Å². The standard InChI is InChI=1S/C39H46ClF3N8O3/c1-47-26-6-7-27(47)21-28(20-26)48-12-14-50(15-13-48)37(53)24(16-23-17-30(39(41,42)43)35(44)31(40)18-23)19-34(52)49-10-8-25(9-11-49)51-33-22-45-32-5-3-2-4-29(32)36(33)46-38(51)54/h2-5,17-18,22,24-28H,6-16,19-21,44H2,1H3,(H,46,54). The Morgan fingerprint density at radius 1 is 0.944 bits per heavy atom. The van der Waals surface area contributed by atoms with Gasteiger partial charge in [0, 0.05) is 75.2 Å². The lowest BCUT2D eigenvalue weighted by molar-refractivity contribution is -0.143. The number of likely N-dealkylation sites (tertiary alicyclic amines) is 1. The van der Waals surface area contributed by atoms with Gasteiger partial charge in [0.1, 0.15) is 0 Å². The zero-order valence-corrected chi connectivity index (χ0v) is 31.1. The number of imidazole rings is 1. The zero-order chi connectivity index (χ0) is 37.9. The Balaban J connectivity index is 0.970. The molecule has 11 nitrogen and oxygen atoms in total. The Labute approximate surface area is 316 Å². The van der Waals surface area contributed by atoms with Crippen molar-refractivity contribution in [3.63, 3.8) is 0 Å². The number of hydrogen-bond acceptors (Lipinski definition) is 7. The van der Waals surface area contributed by atoms with Crippen LogP contribution in [0.25, 0.3) is 21.9 Å². The molecule has 3 unspecified atom stereocenters. The summed E-state index contributed by atoms with van der Waals surface area (Å²) in [5.74, 6) is -1.38. The minimum absolute atomic E-state index is 0.0889. The molecule has 288 valence electrons. The Hall–Kier alpha value is -4.14. The number of halogens is 4. The molecule has 0 saturated carbocycles. The Bertz CT molecular complexity index is 2110. The molecule has 3 atom stereocenters. The van der Waals surface area contributed by atoms with E-state index in [4.69, 9.17) is 17.3 Å². The molecule has 4 aliphatic heterocycles. The number of alkyl halides is 3. The normalized spacial score (nSPS) is 23.8. The van der Waals surface area contributed by atoms with E-state index in [1.807, 2.05) is 24.3 Å². The maximum absolute atomic E-state index is 14.3. The molecule has 6 heterocycles. The number of aromatic nitrogens is 3. The minimum Gasteiger partial charge on any atom is -0.397 e. The number of piperazine rings is 1. The van der Waals surface area contributed by atoms with Crippen LogP contribution < -0.4 is 11.4 Å². The number of fused-ring (bicyclic) bond motifs is 5. The number of para-hydroxylation sites is 1. The van der Waals surface area contributed by atoms with Crippen LogP contribution in [0.15, 0.2) is 47.4 Å². The average molecular weight is 767 g/mol. The number of nitrogens with one attached hydrogen (secondary N) is 1. The first-order chi connectivity index (χ1) is 25.9. The molecule has 0 radical (unpaired) electrons. The molecule has 2 bridgehead atoms. The van der Waals surface area contributed by atoms with Gasteiger partial charge in [0.25, 0.3) is 0 Å². The van der Waals surface area contributed by atoms with E-state index in [-0.39, 0.29) is 47.0 Å². The van der Waals surface area contributed by atoms with Gasteiger partial charge in [-0.15, -0.1) is 0 Å². The molecular formula is C39H46ClF3N8O3. The van der Waals surface area contributed by atoms with Crippen LogP contribution in [0, 0.1) is 5.92 Å². The summed E-state index contributed by atoms with van der Waals surface area (Å²) in [7, 11) is 2.22. The summed E-state index contributed by atoms with van der Waals surface area (Å²) >= 11 is 6.19. The smallest absolute Gasteiger partial charge is 0.397 e. The lowest BCUT2D eigenvalue weighted by Gasteiger charge is -2.45. The molecular weight excluding hydrogens is 721 g/mol. The Kier molecular flexibility index (Phi) is 9.88. The van der Waals surface area contributed by atoms with E-state index in [0.717, 1.165) is 48.4 Å². The molecule has 3 N–H and O–H groups in total. The highest BCUT2D eigenvalue weighted by molar-refractivity contribution is 6.33. The first-order valence-electron chi connectivity index (χ1n) is 19.0. The predicted molar refractivity (Wildman–Crippen MR) is 201 cm³/mol. The zero-order valence-electron chi connectivity index (χ0n) is 30.3. The second kappa shape index (κ2) is 14.5. The van der Waals surface area contributed by atoms with Crippen LogP contribution in [0.2, 0.25) is 5.02 Å². The number of rotatable bonds is 7. The SMILES string of the molecule is CN1C2CCC1CC(N1CCN(C(=O)C(CC(=O)N3CCC(n4c(=O)[nH]c5c6ccccc6ncc54)CC3)Cc3cc(Cl)c(N)c(C(F)(F)F)c3)CC1)C2. The second-order valence-corrected chi connectivity index (χ2v) is 16.0. The number of nitrogens with two attached hydrogens (primary N) is 1. The summed E-state index contributed by atoms with van der Waals surface area (Å²) in [5.41, 5.74) is 6.28. The van der Waals surface area contributed by atoms with Gasteiger partial charge in [0.2, 0.25) is 11.8 Å². The number of hydrogen-bond donors (Lipinski definition) is 2. The van der Waals surface area contributed by atoms with Crippen LogP contribution in [-0.4, -0.2) is 110 Å². The van der Waals surface area contributed by atoms with Gasteiger partial charge >= 0.3 is 11.9 Å². The second-order valence-electron chi connectivity index (χ2n) is 15.6. The third-order valence-electron chi connectivity index (χ3n) is 12.6. The monoisotopic (exact) mass is 766 g/mol. The van der Waals surface area contributed by atoms with Crippen molar-refractivity contribution in [2.45, 2.75) is 81.7 Å². The van der Waals surface area contributed by atoms with Gasteiger partial charge in [-0.25, -0.2) is 4.79 Å². The molecule has 0 spiro atoms. The first kappa shape index (κ1) is 36.8. The van der Waals surface area contributed by atoms with Gasteiger partial charge in [0.15, 0.2) is 0 Å². The first-order valence-corrected chi connectivity index (χ1v) is 19.4. The van der Waals surface area contributed by atoms with Crippen molar-refractivity contribution in [1.29, 1.82) is 0 Å². The Morgan fingerprint density at radius 3 is 2.31 bits per heavy atom. The van der Waals surface area contributed by atoms with E-state index in [0.29, 0.717) is 62.7 Å². The van der Waals surface area contributed by atoms with E-state index in [1.165, 1.54) is 18.9 Å². The van der Waals surface area contributed by atoms with Gasteiger partial charge < -0.3 is 25.4 Å².